The standard InChI is InChI=1S/C11H11Cl2NO3S/c1-18-5-9(11(16)17)14-10(15)7-4-6(12)2-3-8(7)13/h2-4,9H,5H2,1H3,(H,14,15)(H,16,17). The minimum absolute atomic E-state index is 0.163. The summed E-state index contributed by atoms with van der Waals surface area (Å²) in [6.45, 7) is 0. The van der Waals surface area contributed by atoms with Gasteiger partial charge in [-0.2, -0.15) is 11.8 Å². The lowest BCUT2D eigenvalue weighted by Gasteiger charge is -2.13. The largest absolute Gasteiger partial charge is 0.480 e. The molecular formula is C11H11Cl2NO3S. The highest BCUT2D eigenvalue weighted by Gasteiger charge is 2.21. The first kappa shape index (κ1) is 15.1. The number of aliphatic carboxylic acids is 1. The van der Waals surface area contributed by atoms with E-state index >= 15 is 0 Å². The van der Waals surface area contributed by atoms with Crippen molar-refractivity contribution in [2.75, 3.05) is 12.0 Å². The lowest BCUT2D eigenvalue weighted by molar-refractivity contribution is -0.138. The van der Waals surface area contributed by atoms with Crippen LogP contribution in [-0.2, 0) is 4.79 Å². The van der Waals surface area contributed by atoms with Crippen LogP contribution in [0.5, 0.6) is 0 Å². The molecule has 1 aromatic carbocycles. The molecule has 0 bridgehead atoms. The molecule has 1 amide bonds. The number of benzene rings is 1. The third kappa shape index (κ3) is 4.08. The van der Waals surface area contributed by atoms with Gasteiger partial charge in [-0.15, -0.1) is 0 Å². The van der Waals surface area contributed by atoms with Crippen molar-refractivity contribution in [3.8, 4) is 0 Å². The Bertz CT molecular complexity index is 468. The van der Waals surface area contributed by atoms with Crippen molar-refractivity contribution in [2.24, 2.45) is 0 Å². The van der Waals surface area contributed by atoms with Gasteiger partial charge in [0.2, 0.25) is 0 Å². The van der Waals surface area contributed by atoms with Crippen LogP contribution in [0.2, 0.25) is 10.0 Å². The molecule has 7 heteroatoms. The molecule has 0 fully saturated rings. The van der Waals surface area contributed by atoms with Gasteiger partial charge in [-0.05, 0) is 24.5 Å². The van der Waals surface area contributed by atoms with Gasteiger partial charge in [0.25, 0.3) is 5.91 Å². The molecule has 18 heavy (non-hydrogen) atoms. The molecule has 0 saturated carbocycles. The van der Waals surface area contributed by atoms with Crippen molar-refractivity contribution in [2.45, 2.75) is 6.04 Å². The molecule has 1 rings (SSSR count). The Kier molecular flexibility index (Phi) is 5.78. The summed E-state index contributed by atoms with van der Waals surface area (Å²) < 4.78 is 0. The summed E-state index contributed by atoms with van der Waals surface area (Å²) in [7, 11) is 0. The number of rotatable bonds is 5. The zero-order chi connectivity index (χ0) is 13.7. The number of hydrogen-bond donors (Lipinski definition) is 2. The molecule has 0 saturated heterocycles. The van der Waals surface area contributed by atoms with E-state index in [0.29, 0.717) is 5.02 Å². The van der Waals surface area contributed by atoms with Gasteiger partial charge in [0.1, 0.15) is 6.04 Å². The summed E-state index contributed by atoms with van der Waals surface area (Å²) in [6.07, 6.45) is 1.76. The van der Waals surface area contributed by atoms with Crippen LogP contribution in [0, 0.1) is 0 Å². The van der Waals surface area contributed by atoms with E-state index in [0.717, 1.165) is 0 Å². The van der Waals surface area contributed by atoms with E-state index in [1.54, 1.807) is 12.3 Å². The smallest absolute Gasteiger partial charge is 0.327 e. The van der Waals surface area contributed by atoms with E-state index < -0.39 is 17.9 Å². The van der Waals surface area contributed by atoms with Crippen LogP contribution in [-0.4, -0.2) is 35.0 Å². The summed E-state index contributed by atoms with van der Waals surface area (Å²) in [6, 6.07) is 3.49. The van der Waals surface area contributed by atoms with Crippen molar-refractivity contribution in [1.82, 2.24) is 5.32 Å². The van der Waals surface area contributed by atoms with Crippen molar-refractivity contribution in [1.29, 1.82) is 0 Å². The number of carbonyl (C=O) groups excluding carboxylic acids is 1. The first-order valence-corrected chi connectivity index (χ1v) is 7.08. The van der Waals surface area contributed by atoms with Gasteiger partial charge in [-0.3, -0.25) is 4.79 Å². The molecule has 0 heterocycles. The van der Waals surface area contributed by atoms with Crippen LogP contribution >= 0.6 is 35.0 Å². The number of halogens is 2. The molecule has 0 aliphatic carbocycles. The molecule has 0 radical (unpaired) electrons. The van der Waals surface area contributed by atoms with E-state index in [1.165, 1.54) is 23.9 Å². The number of carboxylic acid groups (broad SMARTS) is 1. The number of nitrogens with one attached hydrogen (secondary N) is 1. The average molecular weight is 308 g/mol. The third-order valence-electron chi connectivity index (χ3n) is 2.11. The fraction of sp³-hybridized carbons (Fsp3) is 0.273. The van der Waals surface area contributed by atoms with E-state index in [1.807, 2.05) is 0 Å². The second-order valence-corrected chi connectivity index (χ2v) is 5.20. The van der Waals surface area contributed by atoms with E-state index in [9.17, 15) is 9.59 Å². The quantitative estimate of drug-likeness (QED) is 0.877. The van der Waals surface area contributed by atoms with Gasteiger partial charge in [0, 0.05) is 10.8 Å². The van der Waals surface area contributed by atoms with Crippen LogP contribution in [0.1, 0.15) is 10.4 Å². The zero-order valence-corrected chi connectivity index (χ0v) is 11.8. The zero-order valence-electron chi connectivity index (χ0n) is 9.44. The predicted octanol–water partition coefficient (Wildman–Crippen LogP) is 2.54. The summed E-state index contributed by atoms with van der Waals surface area (Å²) in [5.74, 6) is -1.36. The number of hydrogen-bond acceptors (Lipinski definition) is 3. The van der Waals surface area contributed by atoms with Crippen LogP contribution in [0.3, 0.4) is 0 Å². The highest BCUT2D eigenvalue weighted by Crippen LogP contribution is 2.20. The Hall–Kier alpha value is -0.910. The molecule has 98 valence electrons. The molecule has 1 unspecified atom stereocenters. The first-order valence-electron chi connectivity index (χ1n) is 4.93. The van der Waals surface area contributed by atoms with Crippen molar-refractivity contribution >= 4 is 46.8 Å². The normalized spacial score (nSPS) is 11.9. The van der Waals surface area contributed by atoms with E-state index in [-0.39, 0.29) is 16.3 Å². The Morgan fingerprint density at radius 3 is 2.67 bits per heavy atom. The highest BCUT2D eigenvalue weighted by atomic mass is 35.5. The van der Waals surface area contributed by atoms with Gasteiger partial charge in [0.15, 0.2) is 0 Å². The summed E-state index contributed by atoms with van der Waals surface area (Å²) in [5.41, 5.74) is 0.163. The fourth-order valence-electron chi connectivity index (χ4n) is 1.25. The molecule has 0 aromatic heterocycles. The van der Waals surface area contributed by atoms with Gasteiger partial charge in [-0.1, -0.05) is 23.2 Å². The minimum atomic E-state index is -1.09. The topological polar surface area (TPSA) is 66.4 Å². The molecule has 1 atom stereocenters. The summed E-state index contributed by atoms with van der Waals surface area (Å²) in [4.78, 5) is 22.8. The second kappa shape index (κ2) is 6.87. The SMILES string of the molecule is CSCC(NC(=O)c1cc(Cl)ccc1Cl)C(=O)O. The predicted molar refractivity (Wildman–Crippen MR) is 73.7 cm³/mol. The summed E-state index contributed by atoms with van der Waals surface area (Å²) >= 11 is 12.9. The molecular weight excluding hydrogens is 297 g/mol. The van der Waals surface area contributed by atoms with Gasteiger partial charge in [0.05, 0.1) is 10.6 Å². The van der Waals surface area contributed by atoms with E-state index in [2.05, 4.69) is 5.32 Å². The van der Waals surface area contributed by atoms with Crippen molar-refractivity contribution in [3.05, 3.63) is 33.8 Å². The Balaban J connectivity index is 2.86. The third-order valence-corrected chi connectivity index (χ3v) is 3.34. The average Bonchev–Trinajstić information content (AvgIpc) is 2.31. The monoisotopic (exact) mass is 307 g/mol. The molecule has 0 aliphatic rings. The van der Waals surface area contributed by atoms with Crippen LogP contribution in [0.4, 0.5) is 0 Å². The van der Waals surface area contributed by atoms with Gasteiger partial charge in [-0.25, -0.2) is 4.79 Å². The summed E-state index contributed by atoms with van der Waals surface area (Å²) in [5, 5.41) is 11.9. The Morgan fingerprint density at radius 2 is 2.11 bits per heavy atom. The molecule has 1 aromatic rings. The highest BCUT2D eigenvalue weighted by molar-refractivity contribution is 7.98. The second-order valence-electron chi connectivity index (χ2n) is 3.44. The van der Waals surface area contributed by atoms with Crippen molar-refractivity contribution < 1.29 is 14.7 Å². The number of carbonyl (C=O) groups is 2. The van der Waals surface area contributed by atoms with Gasteiger partial charge < -0.3 is 10.4 Å². The maximum Gasteiger partial charge on any atom is 0.327 e. The van der Waals surface area contributed by atoms with Crippen LogP contribution < -0.4 is 5.32 Å². The molecule has 2 N–H and O–H groups in total. The number of thioether (sulfide) groups is 1. The number of carboxylic acids is 1. The van der Waals surface area contributed by atoms with Crippen LogP contribution in [0.15, 0.2) is 18.2 Å². The molecule has 4 nitrogen and oxygen atoms in total. The molecule has 0 aliphatic heterocycles. The van der Waals surface area contributed by atoms with Crippen molar-refractivity contribution in [3.63, 3.8) is 0 Å². The maximum atomic E-state index is 11.9. The number of amides is 1. The lowest BCUT2D eigenvalue weighted by Crippen LogP contribution is -2.42. The maximum absolute atomic E-state index is 11.9. The molecule has 0 spiro atoms. The van der Waals surface area contributed by atoms with Gasteiger partial charge >= 0.3 is 5.97 Å². The first-order chi connectivity index (χ1) is 8.45. The Morgan fingerprint density at radius 1 is 1.44 bits per heavy atom. The Labute approximate surface area is 119 Å². The lowest BCUT2D eigenvalue weighted by atomic mass is 10.2. The van der Waals surface area contributed by atoms with Crippen LogP contribution in [0.25, 0.3) is 0 Å². The fourth-order valence-corrected chi connectivity index (χ4v) is 2.18. The van der Waals surface area contributed by atoms with E-state index in [4.69, 9.17) is 28.3 Å². The minimum Gasteiger partial charge on any atom is -0.480 e.